The maximum absolute atomic E-state index is 12.4. The Morgan fingerprint density at radius 2 is 1.34 bits per heavy atom. The molecule has 0 fully saturated rings. The van der Waals surface area contributed by atoms with Crippen molar-refractivity contribution in [3.8, 4) is 0 Å². The molecular weight excluding hydrogens is 370 g/mol. The van der Waals surface area contributed by atoms with Crippen LogP contribution in [0.2, 0.25) is 0 Å². The molecule has 0 aliphatic heterocycles. The Kier molecular flexibility index (Phi) is 5.69. The van der Waals surface area contributed by atoms with Gasteiger partial charge in [-0.2, -0.15) is 0 Å². The van der Waals surface area contributed by atoms with E-state index in [0.717, 1.165) is 5.56 Å². The molecule has 29 heavy (non-hydrogen) atoms. The number of nitrogens with one attached hydrogen (secondary N) is 2. The highest BCUT2D eigenvalue weighted by atomic mass is 16.6. The summed E-state index contributed by atoms with van der Waals surface area (Å²) in [5.41, 5.74) is 3.41. The molecule has 2 amide bonds. The molecule has 0 aliphatic carbocycles. The first-order chi connectivity index (χ1) is 13.8. The number of nitrogens with zero attached hydrogens (tertiary/aromatic N) is 1. The van der Waals surface area contributed by atoms with Gasteiger partial charge in [0.25, 0.3) is 17.5 Å². The number of rotatable bonds is 5. The number of anilines is 2. The maximum Gasteiger partial charge on any atom is 0.272 e. The number of nitro benzene ring substituents is 1. The lowest BCUT2D eigenvalue weighted by Gasteiger charge is -2.09. The van der Waals surface area contributed by atoms with Crippen molar-refractivity contribution < 1.29 is 14.5 Å². The number of hydrogen-bond acceptors (Lipinski definition) is 4. The van der Waals surface area contributed by atoms with Crippen molar-refractivity contribution in [1.82, 2.24) is 0 Å². The number of aryl methyl sites for hydroxylation is 2. The number of amides is 2. The summed E-state index contributed by atoms with van der Waals surface area (Å²) in [6, 6.07) is 18.2. The van der Waals surface area contributed by atoms with Crippen molar-refractivity contribution in [3.63, 3.8) is 0 Å². The molecule has 0 unspecified atom stereocenters. The van der Waals surface area contributed by atoms with Gasteiger partial charge in [0.05, 0.1) is 4.92 Å². The van der Waals surface area contributed by atoms with Crippen LogP contribution in [-0.2, 0) is 0 Å². The third kappa shape index (κ3) is 4.84. The average Bonchev–Trinajstić information content (AvgIpc) is 2.69. The Labute approximate surface area is 167 Å². The van der Waals surface area contributed by atoms with Crippen molar-refractivity contribution >= 4 is 28.9 Å². The van der Waals surface area contributed by atoms with Crippen LogP contribution in [0.25, 0.3) is 0 Å². The predicted molar refractivity (Wildman–Crippen MR) is 111 cm³/mol. The van der Waals surface area contributed by atoms with E-state index in [1.165, 1.54) is 18.2 Å². The van der Waals surface area contributed by atoms with E-state index in [-0.39, 0.29) is 17.5 Å². The lowest BCUT2D eigenvalue weighted by molar-refractivity contribution is -0.385. The number of carbonyl (C=O) groups excluding carboxylic acids is 2. The highest BCUT2D eigenvalue weighted by Crippen LogP contribution is 2.20. The van der Waals surface area contributed by atoms with Crippen molar-refractivity contribution in [2.24, 2.45) is 0 Å². The SMILES string of the molecule is Cc1cccc(C(=O)Nc2ccc(NC(=O)c3ccc([N+](=O)[O-])c(C)c3)cc2)c1. The molecule has 7 heteroatoms. The van der Waals surface area contributed by atoms with Crippen LogP contribution in [0.3, 0.4) is 0 Å². The molecule has 7 nitrogen and oxygen atoms in total. The Bertz CT molecular complexity index is 1090. The number of benzene rings is 3. The molecule has 2 N–H and O–H groups in total. The van der Waals surface area contributed by atoms with Gasteiger partial charge >= 0.3 is 0 Å². The minimum absolute atomic E-state index is 0.0322. The molecule has 0 aliphatic rings. The van der Waals surface area contributed by atoms with E-state index in [9.17, 15) is 19.7 Å². The zero-order valence-electron chi connectivity index (χ0n) is 15.9. The second kappa shape index (κ2) is 8.35. The first kappa shape index (κ1) is 19.8. The van der Waals surface area contributed by atoms with E-state index in [1.807, 2.05) is 19.1 Å². The van der Waals surface area contributed by atoms with Crippen LogP contribution < -0.4 is 10.6 Å². The van der Waals surface area contributed by atoms with Crippen LogP contribution in [0, 0.1) is 24.0 Å². The van der Waals surface area contributed by atoms with Crippen molar-refractivity contribution in [2.75, 3.05) is 10.6 Å². The Morgan fingerprint density at radius 1 is 0.793 bits per heavy atom. The zero-order chi connectivity index (χ0) is 21.0. The summed E-state index contributed by atoms with van der Waals surface area (Å²) < 4.78 is 0. The average molecular weight is 389 g/mol. The molecule has 3 aromatic carbocycles. The van der Waals surface area contributed by atoms with Crippen LogP contribution in [0.15, 0.2) is 66.7 Å². The lowest BCUT2D eigenvalue weighted by Crippen LogP contribution is -2.13. The van der Waals surface area contributed by atoms with Crippen molar-refractivity contribution in [1.29, 1.82) is 0 Å². The van der Waals surface area contributed by atoms with Gasteiger partial charge in [-0.25, -0.2) is 0 Å². The predicted octanol–water partition coefficient (Wildman–Crippen LogP) is 4.72. The molecule has 0 saturated heterocycles. The number of nitro groups is 1. The van der Waals surface area contributed by atoms with Gasteiger partial charge in [-0.15, -0.1) is 0 Å². The van der Waals surface area contributed by atoms with Gasteiger partial charge in [0.1, 0.15) is 0 Å². The van der Waals surface area contributed by atoms with Gasteiger partial charge in [0, 0.05) is 34.1 Å². The van der Waals surface area contributed by atoms with Crippen LogP contribution in [0.5, 0.6) is 0 Å². The van der Waals surface area contributed by atoms with E-state index >= 15 is 0 Å². The summed E-state index contributed by atoms with van der Waals surface area (Å²) in [5.74, 6) is -0.591. The van der Waals surface area contributed by atoms with E-state index in [1.54, 1.807) is 43.3 Å². The smallest absolute Gasteiger partial charge is 0.272 e. The first-order valence-corrected chi connectivity index (χ1v) is 8.88. The second-order valence-corrected chi connectivity index (χ2v) is 6.61. The van der Waals surface area contributed by atoms with E-state index in [2.05, 4.69) is 10.6 Å². The fourth-order valence-corrected chi connectivity index (χ4v) is 2.83. The molecular formula is C22H19N3O4. The molecule has 0 spiro atoms. The van der Waals surface area contributed by atoms with Crippen molar-refractivity contribution in [2.45, 2.75) is 13.8 Å². The van der Waals surface area contributed by atoms with Crippen molar-refractivity contribution in [3.05, 3.63) is 99.1 Å². The van der Waals surface area contributed by atoms with E-state index < -0.39 is 4.92 Å². The topological polar surface area (TPSA) is 101 Å². The summed E-state index contributed by atoms with van der Waals surface area (Å²) in [6.07, 6.45) is 0. The molecule has 0 heterocycles. The highest BCUT2D eigenvalue weighted by Gasteiger charge is 2.14. The normalized spacial score (nSPS) is 10.3. The molecule has 0 saturated carbocycles. The Balaban J connectivity index is 1.66. The molecule has 3 aromatic rings. The summed E-state index contributed by atoms with van der Waals surface area (Å²) in [4.78, 5) is 35.1. The Hall–Kier alpha value is -4.00. The molecule has 146 valence electrons. The number of hydrogen-bond donors (Lipinski definition) is 2. The monoisotopic (exact) mass is 389 g/mol. The summed E-state index contributed by atoms with van der Waals surface area (Å²) in [7, 11) is 0. The highest BCUT2D eigenvalue weighted by molar-refractivity contribution is 6.06. The number of carbonyl (C=O) groups is 2. The van der Waals surface area contributed by atoms with Gasteiger partial charge in [0.15, 0.2) is 0 Å². The lowest BCUT2D eigenvalue weighted by atomic mass is 10.1. The minimum Gasteiger partial charge on any atom is -0.322 e. The third-order valence-corrected chi connectivity index (χ3v) is 4.34. The van der Waals surface area contributed by atoms with Gasteiger partial charge in [0.2, 0.25) is 0 Å². The summed E-state index contributed by atoms with van der Waals surface area (Å²) in [5, 5.41) is 16.4. The van der Waals surface area contributed by atoms with Gasteiger partial charge in [-0.05, 0) is 62.4 Å². The van der Waals surface area contributed by atoms with Crippen LogP contribution >= 0.6 is 0 Å². The third-order valence-electron chi connectivity index (χ3n) is 4.34. The summed E-state index contributed by atoms with van der Waals surface area (Å²) >= 11 is 0. The van der Waals surface area contributed by atoms with Crippen LogP contribution in [0.1, 0.15) is 31.8 Å². The second-order valence-electron chi connectivity index (χ2n) is 6.61. The van der Waals surface area contributed by atoms with Crippen LogP contribution in [0.4, 0.5) is 17.1 Å². The van der Waals surface area contributed by atoms with Gasteiger partial charge < -0.3 is 10.6 Å². The standard InChI is InChI=1S/C22H19N3O4/c1-14-4-3-5-16(12-14)21(26)23-18-7-9-19(10-8-18)24-22(27)17-6-11-20(25(28)29)15(2)13-17/h3-13H,1-2H3,(H,23,26)(H,24,27). The fourth-order valence-electron chi connectivity index (χ4n) is 2.83. The molecule has 0 bridgehead atoms. The van der Waals surface area contributed by atoms with Gasteiger partial charge in [-0.1, -0.05) is 17.7 Å². The summed E-state index contributed by atoms with van der Waals surface area (Å²) in [6.45, 7) is 3.50. The zero-order valence-corrected chi connectivity index (χ0v) is 15.9. The first-order valence-electron chi connectivity index (χ1n) is 8.88. The quantitative estimate of drug-likeness (QED) is 0.487. The van der Waals surface area contributed by atoms with Gasteiger partial charge in [-0.3, -0.25) is 19.7 Å². The Morgan fingerprint density at radius 3 is 1.83 bits per heavy atom. The molecule has 0 atom stereocenters. The molecule has 0 aromatic heterocycles. The fraction of sp³-hybridized carbons (Fsp3) is 0.0909. The van der Waals surface area contributed by atoms with Crippen LogP contribution in [-0.4, -0.2) is 16.7 Å². The van der Waals surface area contributed by atoms with E-state index in [0.29, 0.717) is 28.1 Å². The minimum atomic E-state index is -0.485. The molecule has 3 rings (SSSR count). The van der Waals surface area contributed by atoms with E-state index in [4.69, 9.17) is 0 Å². The largest absolute Gasteiger partial charge is 0.322 e. The maximum atomic E-state index is 12.4. The molecule has 0 radical (unpaired) electrons.